The number of rotatable bonds is 1. The van der Waals surface area contributed by atoms with E-state index in [4.69, 9.17) is 5.73 Å². The average molecular weight is 174 g/mol. The first-order valence-electron chi connectivity index (χ1n) is 4.00. The van der Waals surface area contributed by atoms with Crippen LogP contribution in [0, 0.1) is 6.92 Å². The van der Waals surface area contributed by atoms with Crippen molar-refractivity contribution in [2.75, 3.05) is 5.73 Å². The number of hydrogen-bond acceptors (Lipinski definition) is 3. The lowest BCUT2D eigenvalue weighted by molar-refractivity contribution is 0.805. The summed E-state index contributed by atoms with van der Waals surface area (Å²) in [6, 6.07) is 5.84. The lowest BCUT2D eigenvalue weighted by Crippen LogP contribution is -2.00. The predicted octanol–water partition coefficient (Wildman–Crippen LogP) is 1.16. The average Bonchev–Trinajstić information content (AvgIpc) is 2.56. The van der Waals surface area contributed by atoms with E-state index in [2.05, 4.69) is 10.3 Å². The van der Waals surface area contributed by atoms with Crippen molar-refractivity contribution in [3.8, 4) is 5.69 Å². The number of aromatic nitrogens is 3. The van der Waals surface area contributed by atoms with Crippen LogP contribution >= 0.6 is 0 Å². The van der Waals surface area contributed by atoms with Crippen LogP contribution in [0.15, 0.2) is 30.6 Å². The van der Waals surface area contributed by atoms with E-state index in [-0.39, 0.29) is 0 Å². The van der Waals surface area contributed by atoms with Gasteiger partial charge in [0.1, 0.15) is 0 Å². The van der Waals surface area contributed by atoms with Crippen LogP contribution < -0.4 is 5.73 Å². The number of nitrogens with zero attached hydrogens (tertiary/aromatic N) is 3. The van der Waals surface area contributed by atoms with Crippen molar-refractivity contribution in [3.63, 3.8) is 0 Å². The monoisotopic (exact) mass is 174 g/mol. The fourth-order valence-electron chi connectivity index (χ4n) is 1.22. The normalized spacial score (nSPS) is 10.2. The molecule has 4 nitrogen and oxygen atoms in total. The third-order valence-corrected chi connectivity index (χ3v) is 1.85. The van der Waals surface area contributed by atoms with E-state index >= 15 is 0 Å². The Balaban J connectivity index is 2.53. The largest absolute Gasteiger partial charge is 0.397 e. The molecular formula is C9H10N4. The van der Waals surface area contributed by atoms with Crippen LogP contribution in [-0.4, -0.2) is 15.0 Å². The summed E-state index contributed by atoms with van der Waals surface area (Å²) in [6.45, 7) is 2.00. The van der Waals surface area contributed by atoms with Crippen molar-refractivity contribution in [1.29, 1.82) is 0 Å². The zero-order valence-corrected chi connectivity index (χ0v) is 7.31. The third kappa shape index (κ3) is 1.38. The highest BCUT2D eigenvalue weighted by Gasteiger charge is 2.01. The molecule has 4 heteroatoms. The van der Waals surface area contributed by atoms with Gasteiger partial charge in [0.2, 0.25) is 0 Å². The summed E-state index contributed by atoms with van der Waals surface area (Å²) in [7, 11) is 0. The highest BCUT2D eigenvalue weighted by molar-refractivity contribution is 5.58. The highest BCUT2D eigenvalue weighted by atomic mass is 15.4. The molecule has 2 rings (SSSR count). The summed E-state index contributed by atoms with van der Waals surface area (Å²) in [5.41, 5.74) is 8.54. The van der Waals surface area contributed by atoms with Crippen LogP contribution in [0.25, 0.3) is 5.69 Å². The summed E-state index contributed by atoms with van der Waals surface area (Å²) in [6.07, 6.45) is 3.39. The maximum atomic E-state index is 5.82. The SMILES string of the molecule is Cc1ccc(-n2ccnn2)c(N)c1. The first-order chi connectivity index (χ1) is 6.27. The second kappa shape index (κ2) is 2.90. The minimum atomic E-state index is 0.713. The van der Waals surface area contributed by atoms with Crippen molar-refractivity contribution in [2.45, 2.75) is 6.92 Å². The molecule has 0 bridgehead atoms. The van der Waals surface area contributed by atoms with Crippen molar-refractivity contribution < 1.29 is 0 Å². The summed E-state index contributed by atoms with van der Waals surface area (Å²) in [5.74, 6) is 0. The van der Waals surface area contributed by atoms with E-state index in [0.29, 0.717) is 5.69 Å². The number of benzene rings is 1. The van der Waals surface area contributed by atoms with Gasteiger partial charge in [0.25, 0.3) is 0 Å². The summed E-state index contributed by atoms with van der Waals surface area (Å²) in [4.78, 5) is 0. The Hall–Kier alpha value is -1.84. The van der Waals surface area contributed by atoms with Crippen LogP contribution in [0.3, 0.4) is 0 Å². The molecule has 0 amide bonds. The lowest BCUT2D eigenvalue weighted by Gasteiger charge is -2.04. The van der Waals surface area contributed by atoms with Gasteiger partial charge in [0.15, 0.2) is 0 Å². The van der Waals surface area contributed by atoms with Gasteiger partial charge in [-0.15, -0.1) is 5.10 Å². The summed E-state index contributed by atoms with van der Waals surface area (Å²) >= 11 is 0. The number of nitrogen functional groups attached to an aromatic ring is 1. The molecular weight excluding hydrogens is 164 g/mol. The Morgan fingerprint density at radius 2 is 2.23 bits per heavy atom. The van der Waals surface area contributed by atoms with E-state index < -0.39 is 0 Å². The zero-order chi connectivity index (χ0) is 9.26. The van der Waals surface area contributed by atoms with Crippen molar-refractivity contribution in [2.24, 2.45) is 0 Å². The molecule has 1 aromatic carbocycles. The van der Waals surface area contributed by atoms with Gasteiger partial charge < -0.3 is 5.73 Å². The molecule has 2 aromatic rings. The van der Waals surface area contributed by atoms with Crippen LogP contribution in [0.2, 0.25) is 0 Å². The molecule has 66 valence electrons. The van der Waals surface area contributed by atoms with Crippen LogP contribution in [0.4, 0.5) is 5.69 Å². The Morgan fingerprint density at radius 3 is 2.85 bits per heavy atom. The van der Waals surface area contributed by atoms with Gasteiger partial charge in [-0.25, -0.2) is 4.68 Å². The summed E-state index contributed by atoms with van der Waals surface area (Å²) < 4.78 is 1.65. The number of anilines is 1. The lowest BCUT2D eigenvalue weighted by atomic mass is 10.2. The minimum absolute atomic E-state index is 0.713. The third-order valence-electron chi connectivity index (χ3n) is 1.85. The topological polar surface area (TPSA) is 56.7 Å². The molecule has 1 aromatic heterocycles. The van der Waals surface area contributed by atoms with Crippen molar-refractivity contribution in [1.82, 2.24) is 15.0 Å². The molecule has 0 spiro atoms. The zero-order valence-electron chi connectivity index (χ0n) is 7.31. The van der Waals surface area contributed by atoms with Gasteiger partial charge in [-0.2, -0.15) is 0 Å². The standard InChI is InChI=1S/C9H10N4/c1-7-2-3-9(8(10)6-7)13-5-4-11-12-13/h2-6H,10H2,1H3. The molecule has 1 heterocycles. The Morgan fingerprint density at radius 1 is 1.38 bits per heavy atom. The Bertz CT molecular complexity index is 406. The molecule has 0 radical (unpaired) electrons. The maximum absolute atomic E-state index is 5.82. The van der Waals surface area contributed by atoms with Gasteiger partial charge in [0.05, 0.1) is 23.8 Å². The minimum Gasteiger partial charge on any atom is -0.397 e. The molecule has 2 N–H and O–H groups in total. The quantitative estimate of drug-likeness (QED) is 0.660. The maximum Gasteiger partial charge on any atom is 0.0892 e. The highest BCUT2D eigenvalue weighted by Crippen LogP contribution is 2.16. The smallest absolute Gasteiger partial charge is 0.0892 e. The molecule has 0 aliphatic rings. The van der Waals surface area contributed by atoms with Crippen LogP contribution in [-0.2, 0) is 0 Å². The Kier molecular flexibility index (Phi) is 1.73. The number of aryl methyl sites for hydroxylation is 1. The Labute approximate surface area is 76.0 Å². The molecule has 0 aliphatic carbocycles. The van der Waals surface area contributed by atoms with Crippen LogP contribution in [0.5, 0.6) is 0 Å². The first-order valence-corrected chi connectivity index (χ1v) is 4.00. The molecule has 0 saturated heterocycles. The molecule has 0 aliphatic heterocycles. The van der Waals surface area contributed by atoms with E-state index in [0.717, 1.165) is 11.3 Å². The summed E-state index contributed by atoms with van der Waals surface area (Å²) in [5, 5.41) is 7.58. The fourth-order valence-corrected chi connectivity index (χ4v) is 1.22. The van der Waals surface area contributed by atoms with E-state index in [1.54, 1.807) is 17.1 Å². The van der Waals surface area contributed by atoms with Gasteiger partial charge in [-0.1, -0.05) is 11.3 Å². The van der Waals surface area contributed by atoms with Gasteiger partial charge in [-0.05, 0) is 24.6 Å². The van der Waals surface area contributed by atoms with Crippen molar-refractivity contribution >= 4 is 5.69 Å². The van der Waals surface area contributed by atoms with Gasteiger partial charge >= 0.3 is 0 Å². The second-order valence-electron chi connectivity index (χ2n) is 2.91. The number of nitrogens with two attached hydrogens (primary N) is 1. The van der Waals surface area contributed by atoms with E-state index in [9.17, 15) is 0 Å². The van der Waals surface area contributed by atoms with Crippen molar-refractivity contribution in [3.05, 3.63) is 36.2 Å². The van der Waals surface area contributed by atoms with Gasteiger partial charge in [0, 0.05) is 0 Å². The molecule has 13 heavy (non-hydrogen) atoms. The van der Waals surface area contributed by atoms with E-state index in [1.807, 2.05) is 25.1 Å². The molecule has 0 saturated carbocycles. The second-order valence-corrected chi connectivity index (χ2v) is 2.91. The van der Waals surface area contributed by atoms with Gasteiger partial charge in [-0.3, -0.25) is 0 Å². The molecule has 0 unspecified atom stereocenters. The molecule has 0 fully saturated rings. The molecule has 0 atom stereocenters. The van der Waals surface area contributed by atoms with Crippen LogP contribution in [0.1, 0.15) is 5.56 Å². The number of hydrogen-bond donors (Lipinski definition) is 1. The fraction of sp³-hybridized carbons (Fsp3) is 0.111. The first kappa shape index (κ1) is 7.79. The predicted molar refractivity (Wildman–Crippen MR) is 50.5 cm³/mol. The van der Waals surface area contributed by atoms with E-state index in [1.165, 1.54) is 0 Å².